The molecule has 0 radical (unpaired) electrons. The van der Waals surface area contributed by atoms with E-state index in [1.54, 1.807) is 0 Å². The number of nitrogens with two attached hydrogens (primary N) is 1. The normalized spacial score (nSPS) is 26.4. The Balaban J connectivity index is 2.08. The molecule has 17 heavy (non-hydrogen) atoms. The molecule has 3 heteroatoms. The zero-order valence-corrected chi connectivity index (χ0v) is 12.0. The van der Waals surface area contributed by atoms with Gasteiger partial charge in [-0.05, 0) is 50.8 Å². The molecule has 2 rings (SSSR count). The maximum absolute atomic E-state index is 5.94. The van der Waals surface area contributed by atoms with E-state index in [0.29, 0.717) is 6.04 Å². The van der Waals surface area contributed by atoms with Gasteiger partial charge in [-0.15, -0.1) is 11.3 Å². The quantitative estimate of drug-likeness (QED) is 0.896. The van der Waals surface area contributed by atoms with Gasteiger partial charge in [-0.3, -0.25) is 4.90 Å². The molecule has 1 aromatic heterocycles. The standard InChI is InChI=1S/C14H24N2S/c1-10-5-4-6-16(14(10)8-15)9-13-7-11(2)17-12(13)3/h7,10,14H,4-6,8-9,15H2,1-3H3. The molecule has 1 fully saturated rings. The summed E-state index contributed by atoms with van der Waals surface area (Å²) >= 11 is 1.91. The van der Waals surface area contributed by atoms with Gasteiger partial charge in [0.25, 0.3) is 0 Å². The van der Waals surface area contributed by atoms with Gasteiger partial charge in [0.05, 0.1) is 0 Å². The second-order valence-corrected chi connectivity index (χ2v) is 6.79. The van der Waals surface area contributed by atoms with Crippen molar-refractivity contribution < 1.29 is 0 Å². The van der Waals surface area contributed by atoms with E-state index in [1.165, 1.54) is 34.7 Å². The van der Waals surface area contributed by atoms with Gasteiger partial charge in [-0.2, -0.15) is 0 Å². The average molecular weight is 252 g/mol. The maximum Gasteiger partial charge on any atom is 0.0248 e. The van der Waals surface area contributed by atoms with Crippen molar-refractivity contribution >= 4 is 11.3 Å². The summed E-state index contributed by atoms with van der Waals surface area (Å²) in [5, 5.41) is 0. The van der Waals surface area contributed by atoms with E-state index in [2.05, 4.69) is 31.7 Å². The van der Waals surface area contributed by atoms with Gasteiger partial charge in [0.15, 0.2) is 0 Å². The molecule has 0 aromatic carbocycles. The lowest BCUT2D eigenvalue weighted by molar-refractivity contribution is 0.0990. The van der Waals surface area contributed by atoms with Crippen LogP contribution in [-0.2, 0) is 6.54 Å². The zero-order chi connectivity index (χ0) is 12.4. The first-order chi connectivity index (χ1) is 8.11. The van der Waals surface area contributed by atoms with Crippen LogP contribution in [0.15, 0.2) is 6.07 Å². The molecule has 1 aliphatic heterocycles. The first-order valence-corrected chi connectivity index (χ1v) is 7.43. The summed E-state index contributed by atoms with van der Waals surface area (Å²) in [7, 11) is 0. The van der Waals surface area contributed by atoms with E-state index < -0.39 is 0 Å². The highest BCUT2D eigenvalue weighted by Crippen LogP contribution is 2.27. The Morgan fingerprint density at radius 1 is 1.47 bits per heavy atom. The summed E-state index contributed by atoms with van der Waals surface area (Å²) in [5.41, 5.74) is 7.44. The van der Waals surface area contributed by atoms with E-state index in [9.17, 15) is 0 Å². The summed E-state index contributed by atoms with van der Waals surface area (Å²) in [6, 6.07) is 2.91. The van der Waals surface area contributed by atoms with Crippen LogP contribution in [0.25, 0.3) is 0 Å². The molecule has 0 saturated carbocycles. The molecule has 2 atom stereocenters. The largest absolute Gasteiger partial charge is 0.329 e. The number of thiophene rings is 1. The molecule has 2 heterocycles. The summed E-state index contributed by atoms with van der Waals surface area (Å²) in [6.07, 6.45) is 2.65. The minimum absolute atomic E-state index is 0.573. The topological polar surface area (TPSA) is 29.3 Å². The molecule has 1 aromatic rings. The third-order valence-corrected chi connectivity index (χ3v) is 5.00. The maximum atomic E-state index is 5.94. The number of piperidine rings is 1. The van der Waals surface area contributed by atoms with E-state index in [4.69, 9.17) is 5.73 Å². The van der Waals surface area contributed by atoms with Crippen LogP contribution in [0.1, 0.15) is 35.1 Å². The third kappa shape index (κ3) is 2.90. The molecule has 0 spiro atoms. The van der Waals surface area contributed by atoms with Crippen molar-refractivity contribution in [2.24, 2.45) is 11.7 Å². The minimum atomic E-state index is 0.573. The van der Waals surface area contributed by atoms with Crippen LogP contribution in [0.2, 0.25) is 0 Å². The fraction of sp³-hybridized carbons (Fsp3) is 0.714. The van der Waals surface area contributed by atoms with Gasteiger partial charge in [-0.1, -0.05) is 6.92 Å². The number of likely N-dealkylation sites (tertiary alicyclic amines) is 1. The SMILES string of the molecule is Cc1cc(CN2CCCC(C)C2CN)c(C)s1. The number of hydrogen-bond donors (Lipinski definition) is 1. The molecular weight excluding hydrogens is 228 g/mol. The highest BCUT2D eigenvalue weighted by molar-refractivity contribution is 7.12. The van der Waals surface area contributed by atoms with Crippen molar-refractivity contribution in [1.82, 2.24) is 4.90 Å². The molecule has 1 saturated heterocycles. The lowest BCUT2D eigenvalue weighted by Crippen LogP contribution is -2.48. The van der Waals surface area contributed by atoms with E-state index in [-0.39, 0.29) is 0 Å². The van der Waals surface area contributed by atoms with E-state index in [1.807, 2.05) is 11.3 Å². The van der Waals surface area contributed by atoms with Gasteiger partial charge in [-0.25, -0.2) is 0 Å². The molecule has 2 nitrogen and oxygen atoms in total. The molecule has 2 N–H and O–H groups in total. The fourth-order valence-electron chi connectivity index (χ4n) is 2.97. The van der Waals surface area contributed by atoms with Crippen molar-refractivity contribution in [2.75, 3.05) is 13.1 Å². The van der Waals surface area contributed by atoms with Gasteiger partial charge in [0, 0.05) is 28.9 Å². The Morgan fingerprint density at radius 3 is 2.82 bits per heavy atom. The second kappa shape index (κ2) is 5.51. The predicted octanol–water partition coefficient (Wildman–Crippen LogP) is 2.92. The van der Waals surface area contributed by atoms with Gasteiger partial charge in [0.2, 0.25) is 0 Å². The number of nitrogens with zero attached hydrogens (tertiary/aromatic N) is 1. The van der Waals surface area contributed by atoms with Crippen LogP contribution in [0, 0.1) is 19.8 Å². The van der Waals surface area contributed by atoms with Crippen molar-refractivity contribution in [3.8, 4) is 0 Å². The molecular formula is C14H24N2S. The van der Waals surface area contributed by atoms with E-state index in [0.717, 1.165) is 19.0 Å². The smallest absolute Gasteiger partial charge is 0.0248 e. The lowest BCUT2D eigenvalue weighted by Gasteiger charge is -2.39. The van der Waals surface area contributed by atoms with Crippen LogP contribution in [0.3, 0.4) is 0 Å². The van der Waals surface area contributed by atoms with Crippen molar-refractivity contribution in [3.05, 3.63) is 21.4 Å². The van der Waals surface area contributed by atoms with Gasteiger partial charge < -0.3 is 5.73 Å². The Bertz CT molecular complexity index is 372. The minimum Gasteiger partial charge on any atom is -0.329 e. The highest BCUT2D eigenvalue weighted by atomic mass is 32.1. The van der Waals surface area contributed by atoms with Gasteiger partial charge in [0.1, 0.15) is 0 Å². The number of aryl methyl sites for hydroxylation is 2. The van der Waals surface area contributed by atoms with E-state index >= 15 is 0 Å². The van der Waals surface area contributed by atoms with Crippen molar-refractivity contribution in [1.29, 1.82) is 0 Å². The average Bonchev–Trinajstić information content (AvgIpc) is 2.58. The van der Waals surface area contributed by atoms with Crippen LogP contribution in [0.4, 0.5) is 0 Å². The Kier molecular flexibility index (Phi) is 4.23. The first-order valence-electron chi connectivity index (χ1n) is 6.62. The molecule has 0 aliphatic carbocycles. The van der Waals surface area contributed by atoms with Gasteiger partial charge >= 0.3 is 0 Å². The monoisotopic (exact) mass is 252 g/mol. The molecule has 96 valence electrons. The Morgan fingerprint density at radius 2 is 2.24 bits per heavy atom. The summed E-state index contributed by atoms with van der Waals surface area (Å²) in [6.45, 7) is 9.86. The number of hydrogen-bond acceptors (Lipinski definition) is 3. The molecule has 0 amide bonds. The van der Waals surface area contributed by atoms with Crippen LogP contribution in [-0.4, -0.2) is 24.0 Å². The zero-order valence-electron chi connectivity index (χ0n) is 11.2. The Labute approximate surface area is 109 Å². The van der Waals surface area contributed by atoms with Crippen molar-refractivity contribution in [2.45, 2.75) is 46.2 Å². The van der Waals surface area contributed by atoms with Crippen LogP contribution >= 0.6 is 11.3 Å². The predicted molar refractivity (Wildman–Crippen MR) is 75.4 cm³/mol. The number of rotatable bonds is 3. The summed E-state index contributed by atoms with van der Waals surface area (Å²) < 4.78 is 0. The molecule has 2 unspecified atom stereocenters. The molecule has 1 aliphatic rings. The van der Waals surface area contributed by atoms with Crippen LogP contribution in [0.5, 0.6) is 0 Å². The lowest BCUT2D eigenvalue weighted by atomic mass is 9.90. The third-order valence-electron chi connectivity index (χ3n) is 3.99. The van der Waals surface area contributed by atoms with Crippen molar-refractivity contribution in [3.63, 3.8) is 0 Å². The molecule has 0 bridgehead atoms. The fourth-order valence-corrected chi connectivity index (χ4v) is 3.91. The summed E-state index contributed by atoms with van der Waals surface area (Å²) in [4.78, 5) is 5.48. The summed E-state index contributed by atoms with van der Waals surface area (Å²) in [5.74, 6) is 0.744. The highest BCUT2D eigenvalue weighted by Gasteiger charge is 2.27. The Hall–Kier alpha value is -0.380. The van der Waals surface area contributed by atoms with Crippen LogP contribution < -0.4 is 5.73 Å². The first kappa shape index (κ1) is 13.1. The second-order valence-electron chi connectivity index (χ2n) is 5.33.